The normalized spacial score (nSPS) is 21.0. The van der Waals surface area contributed by atoms with Crippen molar-refractivity contribution >= 4 is 17.5 Å². The Morgan fingerprint density at radius 2 is 1.91 bits per heavy atom. The van der Waals surface area contributed by atoms with Crippen molar-refractivity contribution in [2.45, 2.75) is 77.7 Å². The first-order valence-electron chi connectivity index (χ1n) is 15.9. The predicted octanol–water partition coefficient (Wildman–Crippen LogP) is 4.29. The number of fused-ring (bicyclic) bond motifs is 1. The van der Waals surface area contributed by atoms with Crippen LogP contribution in [0.4, 0.5) is 5.69 Å². The van der Waals surface area contributed by atoms with Crippen molar-refractivity contribution in [1.82, 2.24) is 19.7 Å². The topological polar surface area (TPSA) is 107 Å². The fourth-order valence-corrected chi connectivity index (χ4v) is 5.41. The summed E-state index contributed by atoms with van der Waals surface area (Å²) >= 11 is 0. The van der Waals surface area contributed by atoms with Crippen LogP contribution in [0.15, 0.2) is 42.7 Å². The summed E-state index contributed by atoms with van der Waals surface area (Å²) in [4.78, 5) is 37.1. The van der Waals surface area contributed by atoms with Crippen molar-refractivity contribution in [3.63, 3.8) is 0 Å². The molecule has 10 nitrogen and oxygen atoms in total. The molecule has 1 aromatic carbocycles. The standard InChI is InChI=1S/C34H53N5O5/c1-25-21-39(26(2)24-40)34(42)30-20-29(36-33(41)11-9-18-37(4)5)12-13-31(30)44-27(3)10-7-8-19-43-32(25)23-38(6)22-28-14-16-35-17-15-28/h12-17,20,25-27,32,40H,7-11,18-19,21-24H2,1-6H3,(H,36,41)/t25-,26-,27+,32+/m1/s1. The summed E-state index contributed by atoms with van der Waals surface area (Å²) in [6, 6.07) is 8.87. The van der Waals surface area contributed by atoms with Crippen molar-refractivity contribution in [1.29, 1.82) is 0 Å². The van der Waals surface area contributed by atoms with E-state index >= 15 is 0 Å². The third-order valence-electron chi connectivity index (χ3n) is 8.04. The number of ether oxygens (including phenoxy) is 2. The van der Waals surface area contributed by atoms with Gasteiger partial charge in [-0.3, -0.25) is 19.5 Å². The van der Waals surface area contributed by atoms with Crippen molar-refractivity contribution in [2.24, 2.45) is 5.92 Å². The Kier molecular flexibility index (Phi) is 14.5. The van der Waals surface area contributed by atoms with Crippen LogP contribution < -0.4 is 10.1 Å². The summed E-state index contributed by atoms with van der Waals surface area (Å²) in [7, 11) is 6.04. The maximum atomic E-state index is 14.3. The number of nitrogens with one attached hydrogen (secondary N) is 1. The minimum Gasteiger partial charge on any atom is -0.490 e. The second-order valence-corrected chi connectivity index (χ2v) is 12.5. The number of carbonyl (C=O) groups is 2. The van der Waals surface area contributed by atoms with E-state index < -0.39 is 6.04 Å². The molecule has 1 aliphatic heterocycles. The molecule has 244 valence electrons. The van der Waals surface area contributed by atoms with Crippen molar-refractivity contribution < 1.29 is 24.2 Å². The van der Waals surface area contributed by atoms with E-state index in [-0.39, 0.29) is 36.5 Å². The van der Waals surface area contributed by atoms with Crippen LogP contribution in [-0.2, 0) is 16.1 Å². The van der Waals surface area contributed by atoms with Gasteiger partial charge in [0, 0.05) is 56.7 Å². The van der Waals surface area contributed by atoms with Gasteiger partial charge < -0.3 is 29.7 Å². The second kappa shape index (κ2) is 18.0. The van der Waals surface area contributed by atoms with Gasteiger partial charge in [0.05, 0.1) is 30.4 Å². The molecule has 0 saturated heterocycles. The molecule has 3 rings (SSSR count). The summed E-state index contributed by atoms with van der Waals surface area (Å²) < 4.78 is 12.8. The molecule has 2 heterocycles. The van der Waals surface area contributed by atoms with Gasteiger partial charge in [-0.05, 0) is 103 Å². The van der Waals surface area contributed by atoms with Crippen LogP contribution in [0.2, 0.25) is 0 Å². The van der Waals surface area contributed by atoms with Crippen LogP contribution >= 0.6 is 0 Å². The second-order valence-electron chi connectivity index (χ2n) is 12.5. The molecule has 0 fully saturated rings. The Morgan fingerprint density at radius 1 is 1.16 bits per heavy atom. The summed E-state index contributed by atoms with van der Waals surface area (Å²) in [5.41, 5.74) is 2.10. The maximum Gasteiger partial charge on any atom is 0.258 e. The fraction of sp³-hybridized carbons (Fsp3) is 0.618. The van der Waals surface area contributed by atoms with Gasteiger partial charge >= 0.3 is 0 Å². The average molecular weight is 612 g/mol. The van der Waals surface area contributed by atoms with Crippen molar-refractivity contribution in [3.8, 4) is 5.75 Å². The molecule has 0 aliphatic carbocycles. The monoisotopic (exact) mass is 611 g/mol. The molecule has 0 spiro atoms. The number of benzene rings is 1. The van der Waals surface area contributed by atoms with E-state index in [1.54, 1.807) is 35.5 Å². The molecule has 10 heteroatoms. The lowest BCUT2D eigenvalue weighted by molar-refractivity contribution is -0.116. The van der Waals surface area contributed by atoms with Gasteiger partial charge in [0.15, 0.2) is 0 Å². The van der Waals surface area contributed by atoms with Gasteiger partial charge in [-0.25, -0.2) is 0 Å². The first-order chi connectivity index (χ1) is 21.1. The number of carbonyl (C=O) groups excluding carboxylic acids is 2. The molecule has 0 bridgehead atoms. The number of rotatable bonds is 11. The maximum absolute atomic E-state index is 14.3. The van der Waals surface area contributed by atoms with Gasteiger partial charge in [-0.15, -0.1) is 0 Å². The highest BCUT2D eigenvalue weighted by Crippen LogP contribution is 2.28. The van der Waals surface area contributed by atoms with Gasteiger partial charge in [0.1, 0.15) is 5.75 Å². The van der Waals surface area contributed by atoms with Crippen LogP contribution in [0.3, 0.4) is 0 Å². The van der Waals surface area contributed by atoms with E-state index in [1.165, 1.54) is 5.56 Å². The van der Waals surface area contributed by atoms with E-state index in [4.69, 9.17) is 9.47 Å². The zero-order valence-corrected chi connectivity index (χ0v) is 27.5. The van der Waals surface area contributed by atoms with E-state index in [2.05, 4.69) is 29.2 Å². The number of aliphatic hydroxyl groups is 1. The van der Waals surface area contributed by atoms with Crippen molar-refractivity contribution in [3.05, 3.63) is 53.9 Å². The lowest BCUT2D eigenvalue weighted by Crippen LogP contribution is -2.47. The Morgan fingerprint density at radius 3 is 2.61 bits per heavy atom. The largest absolute Gasteiger partial charge is 0.490 e. The number of anilines is 1. The highest BCUT2D eigenvalue weighted by atomic mass is 16.5. The Balaban J connectivity index is 1.87. The molecular weight excluding hydrogens is 558 g/mol. The van der Waals surface area contributed by atoms with E-state index in [0.717, 1.165) is 38.8 Å². The summed E-state index contributed by atoms with van der Waals surface area (Å²) in [5, 5.41) is 13.1. The van der Waals surface area contributed by atoms with E-state index in [1.807, 2.05) is 45.0 Å². The van der Waals surface area contributed by atoms with Crippen LogP contribution in [0.5, 0.6) is 5.75 Å². The molecule has 4 atom stereocenters. The number of hydrogen-bond donors (Lipinski definition) is 2. The minimum atomic E-state index is -0.428. The first-order valence-corrected chi connectivity index (χ1v) is 15.9. The highest BCUT2D eigenvalue weighted by Gasteiger charge is 2.30. The van der Waals surface area contributed by atoms with Gasteiger partial charge in [-0.2, -0.15) is 0 Å². The quantitative estimate of drug-likeness (QED) is 0.388. The van der Waals surface area contributed by atoms with Crippen LogP contribution in [0.25, 0.3) is 0 Å². The first kappa shape index (κ1) is 35.4. The van der Waals surface area contributed by atoms with Crippen molar-refractivity contribution in [2.75, 3.05) is 59.3 Å². The average Bonchev–Trinajstić information content (AvgIpc) is 2.98. The number of pyridine rings is 1. The molecule has 0 unspecified atom stereocenters. The number of amides is 2. The number of aliphatic hydroxyl groups excluding tert-OH is 1. The predicted molar refractivity (Wildman–Crippen MR) is 174 cm³/mol. The van der Waals surface area contributed by atoms with Crippen LogP contribution in [-0.4, -0.2) is 109 Å². The highest BCUT2D eigenvalue weighted by molar-refractivity contribution is 5.99. The third kappa shape index (κ3) is 11.5. The molecule has 2 aromatic rings. The molecule has 1 aliphatic rings. The fourth-order valence-electron chi connectivity index (χ4n) is 5.41. The van der Waals surface area contributed by atoms with Crippen LogP contribution in [0.1, 0.15) is 68.8 Å². The van der Waals surface area contributed by atoms with Gasteiger partial charge in [-0.1, -0.05) is 6.92 Å². The van der Waals surface area contributed by atoms with Gasteiger partial charge in [0.25, 0.3) is 5.91 Å². The zero-order chi connectivity index (χ0) is 32.1. The smallest absolute Gasteiger partial charge is 0.258 e. The minimum absolute atomic E-state index is 0.0151. The molecule has 0 radical (unpaired) electrons. The SMILES string of the molecule is C[C@@H]1CN([C@H](C)CO)C(=O)c2cc(NC(=O)CCCN(C)C)ccc2O[C@@H](C)CCCCO[C@H]1CN(C)Cc1ccncc1. The molecule has 2 N–H and O–H groups in total. The lowest BCUT2D eigenvalue weighted by atomic mass is 10.0. The van der Waals surface area contributed by atoms with E-state index in [0.29, 0.717) is 43.1 Å². The Hall–Kier alpha value is -3.05. The number of nitrogens with zero attached hydrogens (tertiary/aromatic N) is 4. The zero-order valence-electron chi connectivity index (χ0n) is 27.5. The Bertz CT molecular complexity index is 1160. The number of aromatic nitrogens is 1. The summed E-state index contributed by atoms with van der Waals surface area (Å²) in [6.07, 6.45) is 7.16. The molecular formula is C34H53N5O5. The number of hydrogen-bond acceptors (Lipinski definition) is 8. The lowest BCUT2D eigenvalue weighted by Gasteiger charge is -2.36. The molecule has 44 heavy (non-hydrogen) atoms. The Labute approximate surface area is 263 Å². The van der Waals surface area contributed by atoms with Gasteiger partial charge in [0.2, 0.25) is 5.91 Å². The third-order valence-corrected chi connectivity index (χ3v) is 8.04. The number of likely N-dealkylation sites (N-methyl/N-ethyl adjacent to an activating group) is 1. The molecule has 2 amide bonds. The molecule has 1 aromatic heterocycles. The van der Waals surface area contributed by atoms with E-state index in [9.17, 15) is 14.7 Å². The summed E-state index contributed by atoms with van der Waals surface area (Å²) in [5.74, 6) is 0.126. The summed E-state index contributed by atoms with van der Waals surface area (Å²) in [6.45, 7) is 9.07. The molecule has 0 saturated carbocycles. The van der Waals surface area contributed by atoms with Crippen LogP contribution in [0, 0.1) is 5.92 Å².